The van der Waals surface area contributed by atoms with Gasteiger partial charge in [0.1, 0.15) is 30.1 Å². The maximum Gasteiger partial charge on any atom is 0.420 e. The predicted molar refractivity (Wildman–Crippen MR) is 149 cm³/mol. The Balaban J connectivity index is 1.32. The molecule has 0 spiro atoms. The lowest BCUT2D eigenvalue weighted by Crippen LogP contribution is -2.23. The van der Waals surface area contributed by atoms with E-state index in [0.717, 1.165) is 47.4 Å². The molecule has 0 saturated heterocycles. The second-order valence-electron chi connectivity index (χ2n) is 8.76. The van der Waals surface area contributed by atoms with Gasteiger partial charge >= 0.3 is 5.76 Å². The Morgan fingerprint density at radius 1 is 1.26 bits per heavy atom. The summed E-state index contributed by atoms with van der Waals surface area (Å²) in [4.78, 5) is 16.9. The number of benzene rings is 2. The summed E-state index contributed by atoms with van der Waals surface area (Å²) in [6.07, 6.45) is 7.74. The summed E-state index contributed by atoms with van der Waals surface area (Å²) in [5.74, 6) is 0.260. The van der Waals surface area contributed by atoms with Crippen LogP contribution >= 0.6 is 23.8 Å². The highest BCUT2D eigenvalue weighted by Crippen LogP contribution is 2.32. The number of phenols is 1. The highest BCUT2D eigenvalue weighted by Gasteiger charge is 2.19. The van der Waals surface area contributed by atoms with Gasteiger partial charge in [0.2, 0.25) is 5.13 Å². The Hall–Kier alpha value is -3.74. The first-order valence-corrected chi connectivity index (χ1v) is 13.4. The normalized spacial score (nSPS) is 13.3. The summed E-state index contributed by atoms with van der Waals surface area (Å²) < 4.78 is 24.6. The Kier molecular flexibility index (Phi) is 7.72. The van der Waals surface area contributed by atoms with Crippen molar-refractivity contribution >= 4 is 45.7 Å². The lowest BCUT2D eigenvalue weighted by Gasteiger charge is -2.24. The zero-order valence-electron chi connectivity index (χ0n) is 21.2. The molecule has 0 amide bonds. The molecule has 2 aromatic carbocycles. The number of anilines is 2. The highest BCUT2D eigenvalue weighted by molar-refractivity contribution is 7.96. The van der Waals surface area contributed by atoms with Crippen LogP contribution in [0.4, 0.5) is 10.8 Å². The van der Waals surface area contributed by atoms with E-state index in [2.05, 4.69) is 28.4 Å². The van der Waals surface area contributed by atoms with Crippen molar-refractivity contribution in [2.45, 2.75) is 32.9 Å². The molecular formula is C26H27N5O5S2. The van der Waals surface area contributed by atoms with Gasteiger partial charge in [0, 0.05) is 36.3 Å². The lowest BCUT2D eigenvalue weighted by atomic mass is 9.99. The minimum Gasteiger partial charge on any atom is -0.508 e. The number of aromatic nitrogens is 3. The zero-order chi connectivity index (χ0) is 26.6. The molecule has 0 fully saturated rings. The van der Waals surface area contributed by atoms with Crippen LogP contribution in [0.1, 0.15) is 25.3 Å². The first kappa shape index (κ1) is 25.9. The summed E-state index contributed by atoms with van der Waals surface area (Å²) in [5, 5.41) is 11.9. The highest BCUT2D eigenvalue weighted by atomic mass is 32.2. The third-order valence-electron chi connectivity index (χ3n) is 6.28. The topological polar surface area (TPSA) is 106 Å². The molecule has 38 heavy (non-hydrogen) atoms. The summed E-state index contributed by atoms with van der Waals surface area (Å²) in [6, 6.07) is 10.5. The average molecular weight is 554 g/mol. The fraction of sp³-hybridized carbons (Fsp3) is 0.269. The number of rotatable bonds is 10. The number of allylic oxidation sites excluding steroid dienone is 4. The largest absolute Gasteiger partial charge is 0.508 e. The van der Waals surface area contributed by atoms with Gasteiger partial charge in [0.05, 0.1) is 31.4 Å². The predicted octanol–water partition coefficient (Wildman–Crippen LogP) is 5.46. The molecule has 5 rings (SSSR count). The van der Waals surface area contributed by atoms with Crippen molar-refractivity contribution in [1.29, 1.82) is 0 Å². The summed E-state index contributed by atoms with van der Waals surface area (Å²) in [7, 11) is 3.39. The van der Waals surface area contributed by atoms with Crippen molar-refractivity contribution in [1.82, 2.24) is 13.9 Å². The van der Waals surface area contributed by atoms with Crippen molar-refractivity contribution in [3.8, 4) is 11.5 Å². The molecule has 1 aliphatic rings. The third kappa shape index (κ3) is 5.57. The van der Waals surface area contributed by atoms with Crippen LogP contribution in [-0.4, -0.2) is 33.2 Å². The summed E-state index contributed by atoms with van der Waals surface area (Å²) in [5.41, 5.74) is 5.28. The maximum absolute atomic E-state index is 12.7. The number of hydrogen-bond acceptors (Lipinski definition) is 11. The van der Waals surface area contributed by atoms with Gasteiger partial charge < -0.3 is 14.3 Å². The zero-order valence-corrected chi connectivity index (χ0v) is 22.8. The van der Waals surface area contributed by atoms with Crippen LogP contribution in [0.5, 0.6) is 11.5 Å². The van der Waals surface area contributed by atoms with Crippen molar-refractivity contribution in [2.24, 2.45) is 0 Å². The molecule has 0 bridgehead atoms. The number of hydroxylamine groups is 1. The molecule has 1 aliphatic carbocycles. The third-order valence-corrected chi connectivity index (χ3v) is 7.63. The molecule has 12 heteroatoms. The number of hydrogen-bond donors (Lipinski definition) is 1. The van der Waals surface area contributed by atoms with Gasteiger partial charge in [-0.15, -0.1) is 0 Å². The average Bonchev–Trinajstić information content (AvgIpc) is 3.56. The van der Waals surface area contributed by atoms with Crippen LogP contribution < -0.4 is 19.9 Å². The fourth-order valence-electron chi connectivity index (χ4n) is 4.14. The van der Waals surface area contributed by atoms with Crippen molar-refractivity contribution in [3.63, 3.8) is 0 Å². The number of nitrogens with zero attached hydrogens (tertiary/aromatic N) is 5. The molecule has 0 unspecified atom stereocenters. The van der Waals surface area contributed by atoms with E-state index in [9.17, 15) is 9.90 Å². The van der Waals surface area contributed by atoms with Gasteiger partial charge in [-0.25, -0.2) is 14.8 Å². The molecule has 0 radical (unpaired) electrons. The second-order valence-corrected chi connectivity index (χ2v) is 10.4. The Morgan fingerprint density at radius 3 is 2.89 bits per heavy atom. The Labute approximate surface area is 227 Å². The van der Waals surface area contributed by atoms with Crippen LogP contribution in [-0.2, 0) is 17.4 Å². The van der Waals surface area contributed by atoms with Gasteiger partial charge in [0.15, 0.2) is 5.58 Å². The quantitative estimate of drug-likeness (QED) is 0.154. The lowest BCUT2D eigenvalue weighted by molar-refractivity contribution is 0.318. The summed E-state index contributed by atoms with van der Waals surface area (Å²) in [6.45, 7) is 2.90. The van der Waals surface area contributed by atoms with E-state index in [0.29, 0.717) is 29.6 Å². The minimum absolute atomic E-state index is 0.112. The molecule has 1 N–H and O–H groups in total. The van der Waals surface area contributed by atoms with E-state index in [1.165, 1.54) is 23.4 Å². The second kappa shape index (κ2) is 11.3. The van der Waals surface area contributed by atoms with Crippen LogP contribution in [0.25, 0.3) is 11.1 Å². The van der Waals surface area contributed by atoms with Gasteiger partial charge in [-0.3, -0.25) is 8.87 Å². The van der Waals surface area contributed by atoms with Crippen LogP contribution in [0.15, 0.2) is 75.2 Å². The van der Waals surface area contributed by atoms with Crippen LogP contribution in [0.3, 0.4) is 0 Å². The van der Waals surface area contributed by atoms with Crippen LogP contribution in [0.2, 0.25) is 0 Å². The summed E-state index contributed by atoms with van der Waals surface area (Å²) >= 11 is 2.28. The van der Waals surface area contributed by atoms with Gasteiger partial charge in [-0.2, -0.15) is 8.66 Å². The van der Waals surface area contributed by atoms with Gasteiger partial charge in [0.25, 0.3) is 0 Å². The van der Waals surface area contributed by atoms with E-state index in [1.807, 2.05) is 29.6 Å². The standard InChI is InChI=1S/C26H27N5O5S2/c1-17-6-4-5-7-18(17)14-30-22-11-9-20(12-24(22)35-26(30)33)29(2)38-36-31(25-27-16-28-37-25)15-19-8-10-21(32)13-23(19)34-3/h5,7-13,16,32H,4,6,14-15H2,1-3H3. The van der Waals surface area contributed by atoms with Gasteiger partial charge in [-0.1, -0.05) is 17.7 Å². The number of phenolic OH excluding ortho intramolecular Hbond substituents is 1. The number of methoxy groups -OCH3 is 1. The SMILES string of the molecule is COc1cc(O)ccc1CN(OSN(C)c1ccc2c(c1)oc(=O)n2CC1=C(C)CCC=C1)c1ncns1. The Morgan fingerprint density at radius 2 is 2.13 bits per heavy atom. The number of ether oxygens (including phenoxy) is 1. The number of aromatic hydroxyl groups is 1. The van der Waals surface area contributed by atoms with E-state index in [1.54, 1.807) is 34.9 Å². The van der Waals surface area contributed by atoms with E-state index in [4.69, 9.17) is 13.4 Å². The molecule has 10 nitrogen and oxygen atoms in total. The van der Waals surface area contributed by atoms with Crippen molar-refractivity contribution in [2.75, 3.05) is 23.5 Å². The molecule has 2 aromatic heterocycles. The smallest absolute Gasteiger partial charge is 0.420 e. The maximum atomic E-state index is 12.7. The number of fused-ring (bicyclic) bond motifs is 1. The first-order chi connectivity index (χ1) is 18.4. The molecule has 0 aliphatic heterocycles. The Bertz CT molecular complexity index is 1540. The molecule has 198 valence electrons. The van der Waals surface area contributed by atoms with Crippen LogP contribution in [0, 0.1) is 0 Å². The molecular weight excluding hydrogens is 526 g/mol. The first-order valence-electron chi connectivity index (χ1n) is 11.9. The fourth-order valence-corrected chi connectivity index (χ4v) is 5.17. The van der Waals surface area contributed by atoms with E-state index < -0.39 is 0 Å². The monoisotopic (exact) mass is 553 g/mol. The van der Waals surface area contributed by atoms with E-state index in [-0.39, 0.29) is 11.5 Å². The molecule has 2 heterocycles. The van der Waals surface area contributed by atoms with E-state index >= 15 is 0 Å². The number of oxazole rings is 1. The minimum atomic E-state index is -0.381. The molecule has 0 atom stereocenters. The van der Waals surface area contributed by atoms with Crippen molar-refractivity contribution < 1.29 is 18.5 Å². The molecule has 0 saturated carbocycles. The van der Waals surface area contributed by atoms with Crippen molar-refractivity contribution in [3.05, 3.63) is 82.1 Å². The molecule has 4 aromatic rings. The van der Waals surface area contributed by atoms with Gasteiger partial charge in [-0.05, 0) is 49.6 Å².